The van der Waals surface area contributed by atoms with Crippen molar-refractivity contribution in [2.24, 2.45) is 0 Å². The Labute approximate surface area is 184 Å². The molecule has 0 saturated heterocycles. The maximum Gasteiger partial charge on any atom is 0.242 e. The molecule has 29 heavy (non-hydrogen) atoms. The van der Waals surface area contributed by atoms with Gasteiger partial charge in [0.1, 0.15) is 19.7 Å². The second-order valence-electron chi connectivity index (χ2n) is 11.9. The summed E-state index contributed by atoms with van der Waals surface area (Å²) in [5.74, 6) is 1.75. The van der Waals surface area contributed by atoms with Crippen LogP contribution in [0, 0.1) is 0 Å². The molecule has 1 rings (SSSR count). The van der Waals surface area contributed by atoms with Crippen molar-refractivity contribution in [1.29, 1.82) is 0 Å². The molecule has 0 aliphatic rings. The highest BCUT2D eigenvalue weighted by atomic mass is 28.4. The minimum atomic E-state index is -1.77. The van der Waals surface area contributed by atoms with E-state index in [2.05, 4.69) is 108 Å². The first-order chi connectivity index (χ1) is 12.8. The Morgan fingerprint density at radius 1 is 0.724 bits per heavy atom. The molecule has 0 fully saturated rings. The third kappa shape index (κ3) is 10.5. The number of likely N-dealkylation sites (N-methyl/N-ethyl adjacent to an activating group) is 1. The van der Waals surface area contributed by atoms with Gasteiger partial charge in [-0.3, -0.25) is 0 Å². The molecule has 1 aromatic carbocycles. The van der Waals surface area contributed by atoms with E-state index in [-0.39, 0.29) is 6.10 Å². The van der Waals surface area contributed by atoms with E-state index in [9.17, 15) is 0 Å². The minimum absolute atomic E-state index is 0.0447. The van der Waals surface area contributed by atoms with E-state index in [1.165, 1.54) is 5.56 Å². The summed E-state index contributed by atoms with van der Waals surface area (Å²) in [6.07, 6.45) is 0.0447. The first-order valence-corrected chi connectivity index (χ1v) is 24.4. The average Bonchev–Trinajstić information content (AvgIpc) is 2.43. The molecule has 0 heterocycles. The van der Waals surface area contributed by atoms with E-state index in [4.69, 9.17) is 13.3 Å². The monoisotopic (exact) mass is 471 g/mol. The van der Waals surface area contributed by atoms with Gasteiger partial charge in [-0.15, -0.1) is 0 Å². The molecule has 0 bridgehead atoms. The van der Waals surface area contributed by atoms with Crippen LogP contribution in [0.25, 0.3) is 0 Å². The van der Waals surface area contributed by atoms with Crippen LogP contribution in [0.5, 0.6) is 11.5 Å². The first-order valence-electron chi connectivity index (χ1n) is 10.7. The lowest BCUT2D eigenvalue weighted by Gasteiger charge is -2.36. The van der Waals surface area contributed by atoms with E-state index in [0.717, 1.165) is 18.0 Å². The third-order valence-corrected chi connectivity index (χ3v) is 9.38. The number of hydrogen-bond acceptors (Lipinski definition) is 4. The zero-order valence-electron chi connectivity index (χ0n) is 21.2. The fourth-order valence-corrected chi connectivity index (χ4v) is 6.13. The van der Waals surface area contributed by atoms with Gasteiger partial charge < -0.3 is 17.8 Å². The lowest BCUT2D eigenvalue weighted by Crippen LogP contribution is -2.46. The molecule has 0 N–H and O–H groups in total. The fourth-order valence-electron chi connectivity index (χ4n) is 2.71. The van der Waals surface area contributed by atoms with E-state index in [1.807, 2.05) is 0 Å². The molecule has 168 valence electrons. The summed E-state index contributed by atoms with van der Waals surface area (Å²) in [7, 11) is -4.38. The van der Waals surface area contributed by atoms with Crippen molar-refractivity contribution in [3.63, 3.8) is 0 Å². The molecule has 0 radical (unpaired) electrons. The highest BCUT2D eigenvalue weighted by Crippen LogP contribution is 2.36. The van der Waals surface area contributed by atoms with Crippen LogP contribution in [-0.4, -0.2) is 51.3 Å². The minimum Gasteiger partial charge on any atom is -0.542 e. The number of benzene rings is 1. The maximum absolute atomic E-state index is 6.66. The predicted molar refractivity (Wildman–Crippen MR) is 138 cm³/mol. The quantitative estimate of drug-likeness (QED) is 0.352. The van der Waals surface area contributed by atoms with E-state index in [1.54, 1.807) is 0 Å². The highest BCUT2D eigenvalue weighted by molar-refractivity contribution is 6.73. The number of hydrogen-bond donors (Lipinski definition) is 0. The van der Waals surface area contributed by atoms with Crippen molar-refractivity contribution in [2.45, 2.75) is 84.7 Å². The van der Waals surface area contributed by atoms with Gasteiger partial charge >= 0.3 is 0 Å². The van der Waals surface area contributed by atoms with Crippen LogP contribution in [0.2, 0.25) is 78.6 Å². The summed E-state index contributed by atoms with van der Waals surface area (Å²) < 4.78 is 22.0. The van der Waals surface area contributed by atoms with Gasteiger partial charge in [0.25, 0.3) is 0 Å². The zero-order chi connectivity index (χ0) is 22.8. The largest absolute Gasteiger partial charge is 0.542 e. The molecule has 1 aromatic rings. The lowest BCUT2D eigenvalue weighted by atomic mass is 10.1. The zero-order valence-corrected chi connectivity index (χ0v) is 25.2. The second-order valence-corrected chi connectivity index (χ2v) is 30.3. The van der Waals surface area contributed by atoms with Crippen LogP contribution in [0.1, 0.15) is 11.7 Å². The van der Waals surface area contributed by atoms with Crippen molar-refractivity contribution >= 4 is 33.2 Å². The molecule has 0 aliphatic heterocycles. The highest BCUT2D eigenvalue weighted by Gasteiger charge is 2.30. The predicted octanol–water partition coefficient (Wildman–Crippen LogP) is 6.77. The molecule has 0 amide bonds. The van der Waals surface area contributed by atoms with Gasteiger partial charge in [-0.05, 0) is 83.7 Å². The van der Waals surface area contributed by atoms with Crippen LogP contribution in [-0.2, 0) is 4.43 Å². The SMILES string of the molecule is CN(CC(O[Si](C)(C)C)c1ccc(O[Si](C)(C)C)c(O[Si](C)(C)C)c1)[Si](C)(C)C. The lowest BCUT2D eigenvalue weighted by molar-refractivity contribution is 0.170. The van der Waals surface area contributed by atoms with E-state index in [0.29, 0.717) is 0 Å². The molecule has 0 aliphatic carbocycles. The molecule has 1 atom stereocenters. The van der Waals surface area contributed by atoms with Gasteiger partial charge in [0.05, 0.1) is 6.10 Å². The fraction of sp³-hybridized carbons (Fsp3) is 0.714. The Balaban J connectivity index is 3.38. The molecule has 0 spiro atoms. The van der Waals surface area contributed by atoms with Crippen LogP contribution in [0.15, 0.2) is 18.2 Å². The molecule has 1 unspecified atom stereocenters. The van der Waals surface area contributed by atoms with Crippen molar-refractivity contribution in [3.8, 4) is 11.5 Å². The summed E-state index contributed by atoms with van der Waals surface area (Å²) in [6.45, 7) is 28.1. The Kier molecular flexibility index (Phi) is 8.63. The summed E-state index contributed by atoms with van der Waals surface area (Å²) in [6, 6.07) is 6.45. The van der Waals surface area contributed by atoms with Crippen LogP contribution in [0.4, 0.5) is 0 Å². The normalized spacial score (nSPS) is 14.8. The Morgan fingerprint density at radius 3 is 1.62 bits per heavy atom. The average molecular weight is 472 g/mol. The summed E-state index contributed by atoms with van der Waals surface area (Å²) >= 11 is 0. The Bertz CT molecular complexity index is 670. The summed E-state index contributed by atoms with van der Waals surface area (Å²) in [5.41, 5.74) is 1.19. The van der Waals surface area contributed by atoms with Crippen LogP contribution in [0.3, 0.4) is 0 Å². The number of rotatable bonds is 10. The second kappa shape index (κ2) is 9.40. The van der Waals surface area contributed by atoms with Gasteiger partial charge in [0.2, 0.25) is 16.6 Å². The smallest absolute Gasteiger partial charge is 0.242 e. The van der Waals surface area contributed by atoms with Crippen molar-refractivity contribution < 1.29 is 13.3 Å². The van der Waals surface area contributed by atoms with Gasteiger partial charge in [0.15, 0.2) is 8.32 Å². The van der Waals surface area contributed by atoms with Gasteiger partial charge in [-0.1, -0.05) is 25.7 Å². The third-order valence-electron chi connectivity index (χ3n) is 4.25. The molecular weight excluding hydrogens is 427 g/mol. The molecule has 8 heteroatoms. The number of nitrogens with zero attached hydrogens (tertiary/aromatic N) is 1. The van der Waals surface area contributed by atoms with E-state index >= 15 is 0 Å². The molecule has 0 saturated carbocycles. The van der Waals surface area contributed by atoms with Gasteiger partial charge in [-0.25, -0.2) is 0 Å². The molecule has 0 aromatic heterocycles. The maximum atomic E-state index is 6.66. The molecule has 4 nitrogen and oxygen atoms in total. The Hall–Kier alpha value is -0.392. The topological polar surface area (TPSA) is 30.9 Å². The van der Waals surface area contributed by atoms with E-state index < -0.39 is 33.2 Å². The van der Waals surface area contributed by atoms with Crippen LogP contribution >= 0.6 is 0 Å². The van der Waals surface area contributed by atoms with Crippen molar-refractivity contribution in [3.05, 3.63) is 23.8 Å². The standard InChI is InChI=1S/C21H45NO3Si4/c1-22(26(2,3)4)17-21(25-29(11,12)13)18-14-15-19(23-27(5,6)7)20(16-18)24-28(8,9)10/h14-16,21H,17H2,1-13H3. The van der Waals surface area contributed by atoms with Gasteiger partial charge in [-0.2, -0.15) is 0 Å². The molecular formula is C21H45NO3Si4. The van der Waals surface area contributed by atoms with Crippen molar-refractivity contribution in [2.75, 3.05) is 13.6 Å². The summed E-state index contributed by atoms with van der Waals surface area (Å²) in [5, 5.41) is 0. The first kappa shape index (κ1) is 26.6. The summed E-state index contributed by atoms with van der Waals surface area (Å²) in [4.78, 5) is 0. The Morgan fingerprint density at radius 2 is 1.21 bits per heavy atom. The van der Waals surface area contributed by atoms with Crippen molar-refractivity contribution in [1.82, 2.24) is 4.57 Å². The van der Waals surface area contributed by atoms with Gasteiger partial charge in [0, 0.05) is 6.54 Å². The van der Waals surface area contributed by atoms with Crippen LogP contribution < -0.4 is 8.85 Å².